The van der Waals surface area contributed by atoms with Crippen LogP contribution in [0.15, 0.2) is 23.1 Å². The first-order valence-corrected chi connectivity index (χ1v) is 6.76. The van der Waals surface area contributed by atoms with Crippen molar-refractivity contribution >= 4 is 11.9 Å². The molecule has 0 radical (unpaired) electrons. The van der Waals surface area contributed by atoms with Gasteiger partial charge in [0.2, 0.25) is 0 Å². The van der Waals surface area contributed by atoms with Crippen LogP contribution < -0.4 is 5.14 Å². The number of hydrogen-bond donors (Lipinski definition) is 1. The van der Waals surface area contributed by atoms with Gasteiger partial charge in [-0.1, -0.05) is 33.8 Å². The van der Waals surface area contributed by atoms with Gasteiger partial charge in [-0.25, -0.2) is 0 Å². The van der Waals surface area contributed by atoms with Gasteiger partial charge in [-0.2, -0.15) is 0 Å². The maximum atomic E-state index is 5.66. The lowest BCUT2D eigenvalue weighted by atomic mass is 9.63. The molecule has 1 aromatic rings. The first-order chi connectivity index (χ1) is 7.37. The molecule has 0 atom stereocenters. The summed E-state index contributed by atoms with van der Waals surface area (Å²) in [5.41, 5.74) is 3.58. The molecule has 0 bridgehead atoms. The molecular formula is C14H21NS. The summed E-state index contributed by atoms with van der Waals surface area (Å²) in [6.07, 6.45) is 2.52. The van der Waals surface area contributed by atoms with E-state index in [1.165, 1.54) is 40.8 Å². The van der Waals surface area contributed by atoms with E-state index in [2.05, 4.69) is 45.9 Å². The lowest BCUT2D eigenvalue weighted by Gasteiger charge is -2.42. The van der Waals surface area contributed by atoms with Crippen LogP contribution in [-0.2, 0) is 10.8 Å². The quantitative estimate of drug-likeness (QED) is 0.745. The molecule has 0 spiro atoms. The average molecular weight is 235 g/mol. The fourth-order valence-electron chi connectivity index (χ4n) is 2.64. The van der Waals surface area contributed by atoms with Crippen LogP contribution in [0, 0.1) is 0 Å². The summed E-state index contributed by atoms with van der Waals surface area (Å²) >= 11 is 1.34. The molecule has 0 unspecified atom stereocenters. The summed E-state index contributed by atoms with van der Waals surface area (Å²) in [4.78, 5) is 1.17. The van der Waals surface area contributed by atoms with Gasteiger partial charge >= 0.3 is 0 Å². The third-order valence-corrected chi connectivity index (χ3v) is 4.49. The molecule has 0 fully saturated rings. The van der Waals surface area contributed by atoms with E-state index in [1.54, 1.807) is 0 Å². The molecule has 0 aromatic heterocycles. The molecule has 1 aromatic carbocycles. The molecule has 88 valence electrons. The third-order valence-electron chi connectivity index (χ3n) is 3.96. The smallest absolute Gasteiger partial charge is 0.0229 e. The van der Waals surface area contributed by atoms with Gasteiger partial charge in [0.1, 0.15) is 0 Å². The first kappa shape index (κ1) is 12.0. The summed E-state index contributed by atoms with van der Waals surface area (Å²) in [6.45, 7) is 9.37. The van der Waals surface area contributed by atoms with E-state index in [1.807, 2.05) is 0 Å². The predicted molar refractivity (Wildman–Crippen MR) is 71.8 cm³/mol. The van der Waals surface area contributed by atoms with Crippen molar-refractivity contribution in [3.63, 3.8) is 0 Å². The second-order valence-corrected chi connectivity index (χ2v) is 6.80. The Kier molecular flexibility index (Phi) is 2.83. The Morgan fingerprint density at radius 3 is 2.12 bits per heavy atom. The van der Waals surface area contributed by atoms with Crippen LogP contribution in [0.1, 0.15) is 51.7 Å². The predicted octanol–water partition coefficient (Wildman–Crippen LogP) is 4.00. The molecule has 2 rings (SSSR count). The van der Waals surface area contributed by atoms with Gasteiger partial charge in [0.15, 0.2) is 0 Å². The Hall–Kier alpha value is -0.470. The van der Waals surface area contributed by atoms with Gasteiger partial charge in [0.25, 0.3) is 0 Å². The minimum absolute atomic E-state index is 0.288. The third kappa shape index (κ3) is 1.89. The van der Waals surface area contributed by atoms with Gasteiger partial charge in [-0.05, 0) is 58.9 Å². The second-order valence-electron chi connectivity index (χ2n) is 6.09. The Labute approximate surface area is 103 Å². The van der Waals surface area contributed by atoms with Crippen molar-refractivity contribution in [2.75, 3.05) is 0 Å². The fourth-order valence-corrected chi connectivity index (χ4v) is 2.97. The van der Waals surface area contributed by atoms with Crippen LogP contribution >= 0.6 is 11.9 Å². The topological polar surface area (TPSA) is 26.0 Å². The van der Waals surface area contributed by atoms with Crippen molar-refractivity contribution in [3.05, 3.63) is 29.3 Å². The molecule has 0 saturated carbocycles. The molecule has 1 nitrogen and oxygen atoms in total. The molecule has 2 heteroatoms. The summed E-state index contributed by atoms with van der Waals surface area (Å²) in [6, 6.07) is 6.69. The minimum atomic E-state index is 0.288. The maximum absolute atomic E-state index is 5.66. The highest BCUT2D eigenvalue weighted by atomic mass is 32.2. The standard InChI is InChI=1S/C14H21NS/c1-13(2)7-8-14(3,4)12-9-10(16-15)5-6-11(12)13/h5-6,9H,7-8,15H2,1-4H3. The molecular weight excluding hydrogens is 214 g/mol. The number of hydrogen-bond acceptors (Lipinski definition) is 2. The fraction of sp³-hybridized carbons (Fsp3) is 0.571. The molecule has 0 heterocycles. The van der Waals surface area contributed by atoms with Crippen molar-refractivity contribution in [1.29, 1.82) is 0 Å². The lowest BCUT2D eigenvalue weighted by Crippen LogP contribution is -2.33. The summed E-state index contributed by atoms with van der Waals surface area (Å²) in [5, 5.41) is 5.66. The van der Waals surface area contributed by atoms with E-state index < -0.39 is 0 Å². The molecule has 1 aliphatic rings. The van der Waals surface area contributed by atoms with Crippen LogP contribution in [0.25, 0.3) is 0 Å². The summed E-state index contributed by atoms with van der Waals surface area (Å²) < 4.78 is 0. The zero-order chi connectivity index (χ0) is 12.0. The van der Waals surface area contributed by atoms with Gasteiger partial charge in [0, 0.05) is 4.90 Å². The summed E-state index contributed by atoms with van der Waals surface area (Å²) in [5.74, 6) is 0. The normalized spacial score (nSPS) is 21.6. The van der Waals surface area contributed by atoms with Crippen LogP contribution in [0.4, 0.5) is 0 Å². The zero-order valence-corrected chi connectivity index (χ0v) is 11.4. The number of nitrogens with two attached hydrogens (primary N) is 1. The van der Waals surface area contributed by atoms with Crippen molar-refractivity contribution in [2.45, 2.75) is 56.3 Å². The Bertz CT molecular complexity index is 407. The van der Waals surface area contributed by atoms with Crippen molar-refractivity contribution in [3.8, 4) is 0 Å². The van der Waals surface area contributed by atoms with Crippen LogP contribution in [0.5, 0.6) is 0 Å². The van der Waals surface area contributed by atoms with E-state index in [0.29, 0.717) is 5.41 Å². The van der Waals surface area contributed by atoms with Crippen LogP contribution in [0.3, 0.4) is 0 Å². The van der Waals surface area contributed by atoms with Gasteiger partial charge < -0.3 is 0 Å². The first-order valence-electron chi connectivity index (χ1n) is 5.88. The van der Waals surface area contributed by atoms with Gasteiger partial charge in [-0.15, -0.1) is 0 Å². The van der Waals surface area contributed by atoms with Gasteiger partial charge in [0.05, 0.1) is 0 Å². The van der Waals surface area contributed by atoms with E-state index in [4.69, 9.17) is 5.14 Å². The van der Waals surface area contributed by atoms with Crippen molar-refractivity contribution in [1.82, 2.24) is 0 Å². The molecule has 0 aliphatic heterocycles. The highest BCUT2D eigenvalue weighted by molar-refractivity contribution is 7.97. The van der Waals surface area contributed by atoms with Crippen molar-refractivity contribution in [2.24, 2.45) is 5.14 Å². The SMILES string of the molecule is CC1(C)CCC(C)(C)c2cc(SN)ccc21. The highest BCUT2D eigenvalue weighted by Gasteiger charge is 2.36. The van der Waals surface area contributed by atoms with E-state index in [9.17, 15) is 0 Å². The molecule has 1 aliphatic carbocycles. The van der Waals surface area contributed by atoms with E-state index >= 15 is 0 Å². The summed E-state index contributed by atoms with van der Waals surface area (Å²) in [7, 11) is 0. The van der Waals surface area contributed by atoms with Gasteiger partial charge in [-0.3, -0.25) is 5.14 Å². The number of rotatable bonds is 1. The minimum Gasteiger partial charge on any atom is -0.274 e. The Morgan fingerprint density at radius 2 is 1.56 bits per heavy atom. The largest absolute Gasteiger partial charge is 0.274 e. The average Bonchev–Trinajstić information content (AvgIpc) is 2.24. The molecule has 0 saturated heterocycles. The van der Waals surface area contributed by atoms with E-state index in [-0.39, 0.29) is 5.41 Å². The molecule has 0 amide bonds. The Morgan fingerprint density at radius 1 is 1.00 bits per heavy atom. The monoisotopic (exact) mass is 235 g/mol. The highest BCUT2D eigenvalue weighted by Crippen LogP contribution is 2.46. The lowest BCUT2D eigenvalue weighted by molar-refractivity contribution is 0.331. The molecule has 2 N–H and O–H groups in total. The van der Waals surface area contributed by atoms with Crippen molar-refractivity contribution < 1.29 is 0 Å². The Balaban J connectivity index is 2.60. The van der Waals surface area contributed by atoms with Crippen LogP contribution in [0.2, 0.25) is 0 Å². The second kappa shape index (κ2) is 3.78. The zero-order valence-electron chi connectivity index (χ0n) is 10.6. The molecule has 16 heavy (non-hydrogen) atoms. The van der Waals surface area contributed by atoms with E-state index in [0.717, 1.165) is 0 Å². The number of benzene rings is 1. The maximum Gasteiger partial charge on any atom is 0.0229 e. The number of fused-ring (bicyclic) bond motifs is 1. The van der Waals surface area contributed by atoms with Crippen LogP contribution in [-0.4, -0.2) is 0 Å².